The van der Waals surface area contributed by atoms with Gasteiger partial charge in [0.1, 0.15) is 5.75 Å². The average molecular weight is 520 g/mol. The third kappa shape index (κ3) is 6.17. The number of amides is 2. The monoisotopic (exact) mass is 519 g/mol. The van der Waals surface area contributed by atoms with Gasteiger partial charge in [0.2, 0.25) is 0 Å². The molecule has 1 aromatic heterocycles. The van der Waals surface area contributed by atoms with Crippen molar-refractivity contribution in [2.24, 2.45) is 0 Å². The minimum absolute atomic E-state index is 0.000251. The number of carbonyl (C=O) groups excluding carboxylic acids is 2. The topological polar surface area (TPSA) is 71.5 Å². The molecule has 0 aliphatic carbocycles. The lowest BCUT2D eigenvalue weighted by molar-refractivity contribution is -0.127. The van der Waals surface area contributed by atoms with Gasteiger partial charge in [-0.05, 0) is 73.4 Å². The molecule has 5 rings (SSSR count). The van der Waals surface area contributed by atoms with Crippen LogP contribution < -0.4 is 10.1 Å². The predicted molar refractivity (Wildman–Crippen MR) is 152 cm³/mol. The minimum atomic E-state index is -0.671. The highest BCUT2D eigenvalue weighted by atomic mass is 16.5. The van der Waals surface area contributed by atoms with E-state index in [1.54, 1.807) is 13.1 Å². The first-order valence-electron chi connectivity index (χ1n) is 13.4. The Hall–Kier alpha value is -4.45. The largest absolute Gasteiger partial charge is 0.481 e. The number of benzene rings is 3. The number of aromatic nitrogens is 1. The summed E-state index contributed by atoms with van der Waals surface area (Å²) < 4.78 is 6.10. The van der Waals surface area contributed by atoms with Crippen LogP contribution in [-0.2, 0) is 17.6 Å². The van der Waals surface area contributed by atoms with E-state index in [1.165, 1.54) is 5.56 Å². The molecule has 1 aliphatic heterocycles. The quantitative estimate of drug-likeness (QED) is 0.343. The molecule has 4 aromatic rings. The van der Waals surface area contributed by atoms with Crippen LogP contribution in [0.15, 0.2) is 97.2 Å². The summed E-state index contributed by atoms with van der Waals surface area (Å²) in [5, 5.41) is 2.94. The van der Waals surface area contributed by atoms with Crippen LogP contribution in [0, 0.1) is 6.92 Å². The first-order chi connectivity index (χ1) is 19.0. The van der Waals surface area contributed by atoms with Gasteiger partial charge in [0.25, 0.3) is 11.8 Å². The second-order valence-electron chi connectivity index (χ2n) is 9.91. The Kier molecular flexibility index (Phi) is 8.02. The molecule has 3 aromatic carbocycles. The van der Waals surface area contributed by atoms with E-state index < -0.39 is 6.10 Å². The SMILES string of the molecule is Cc1cccc([C@@H]2c3cc(O[C@@H](C)C(=O)NCCc4ccccn4)ccc3CCN2C(=O)c2ccccc2)c1. The van der Waals surface area contributed by atoms with Gasteiger partial charge >= 0.3 is 0 Å². The predicted octanol–water partition coefficient (Wildman–Crippen LogP) is 5.30. The lowest BCUT2D eigenvalue weighted by Gasteiger charge is -2.38. The molecular weight excluding hydrogens is 486 g/mol. The summed E-state index contributed by atoms with van der Waals surface area (Å²) >= 11 is 0. The van der Waals surface area contributed by atoms with Crippen LogP contribution in [0.3, 0.4) is 0 Å². The number of fused-ring (bicyclic) bond motifs is 1. The van der Waals surface area contributed by atoms with Crippen LogP contribution in [0.25, 0.3) is 0 Å². The second kappa shape index (κ2) is 11.9. The van der Waals surface area contributed by atoms with Crippen LogP contribution in [-0.4, -0.2) is 40.9 Å². The summed E-state index contributed by atoms with van der Waals surface area (Å²) in [6.45, 7) is 4.91. The maximum Gasteiger partial charge on any atom is 0.260 e. The number of ether oxygens (including phenoxy) is 1. The smallest absolute Gasteiger partial charge is 0.260 e. The second-order valence-corrected chi connectivity index (χ2v) is 9.91. The maximum absolute atomic E-state index is 13.7. The highest BCUT2D eigenvalue weighted by Crippen LogP contribution is 2.38. The van der Waals surface area contributed by atoms with E-state index in [-0.39, 0.29) is 17.9 Å². The zero-order valence-electron chi connectivity index (χ0n) is 22.3. The average Bonchev–Trinajstić information content (AvgIpc) is 2.97. The van der Waals surface area contributed by atoms with E-state index in [9.17, 15) is 9.59 Å². The summed E-state index contributed by atoms with van der Waals surface area (Å²) in [5.41, 5.74) is 5.99. The number of nitrogens with one attached hydrogen (secondary N) is 1. The van der Waals surface area contributed by atoms with Gasteiger partial charge in [-0.25, -0.2) is 0 Å². The van der Waals surface area contributed by atoms with Crippen molar-refractivity contribution in [1.82, 2.24) is 15.2 Å². The lowest BCUT2D eigenvalue weighted by Crippen LogP contribution is -2.41. The first kappa shape index (κ1) is 26.2. The molecule has 1 aliphatic rings. The number of hydrogen-bond acceptors (Lipinski definition) is 4. The summed E-state index contributed by atoms with van der Waals surface area (Å²) in [6.07, 6.45) is 2.48. The maximum atomic E-state index is 13.7. The van der Waals surface area contributed by atoms with Gasteiger partial charge < -0.3 is 15.0 Å². The lowest BCUT2D eigenvalue weighted by atomic mass is 9.87. The summed E-state index contributed by atoms with van der Waals surface area (Å²) in [6, 6.07) is 29.2. The molecule has 198 valence electrons. The minimum Gasteiger partial charge on any atom is -0.481 e. The van der Waals surface area contributed by atoms with Gasteiger partial charge in [0.15, 0.2) is 6.10 Å². The molecule has 0 spiro atoms. The van der Waals surface area contributed by atoms with E-state index in [1.807, 2.05) is 71.6 Å². The molecule has 2 amide bonds. The van der Waals surface area contributed by atoms with E-state index in [0.29, 0.717) is 30.8 Å². The van der Waals surface area contributed by atoms with Crippen molar-refractivity contribution in [3.05, 3.63) is 131 Å². The van der Waals surface area contributed by atoms with Crippen LogP contribution in [0.5, 0.6) is 5.75 Å². The van der Waals surface area contributed by atoms with Crippen LogP contribution in [0.2, 0.25) is 0 Å². The van der Waals surface area contributed by atoms with Crippen molar-refractivity contribution in [3.8, 4) is 5.75 Å². The fourth-order valence-corrected chi connectivity index (χ4v) is 5.09. The Balaban J connectivity index is 1.37. The van der Waals surface area contributed by atoms with Crippen molar-refractivity contribution in [3.63, 3.8) is 0 Å². The Morgan fingerprint density at radius 2 is 1.82 bits per heavy atom. The van der Waals surface area contributed by atoms with Crippen molar-refractivity contribution in [1.29, 1.82) is 0 Å². The molecule has 0 saturated carbocycles. The van der Waals surface area contributed by atoms with E-state index in [4.69, 9.17) is 4.74 Å². The Morgan fingerprint density at radius 1 is 1.00 bits per heavy atom. The molecular formula is C33H33N3O3. The molecule has 0 bridgehead atoms. The van der Waals surface area contributed by atoms with Gasteiger partial charge in [-0.2, -0.15) is 0 Å². The number of pyridine rings is 1. The highest BCUT2D eigenvalue weighted by molar-refractivity contribution is 5.95. The standard InChI is InChI=1S/C33H33N3O3/c1-23-9-8-12-27(21-23)31-30-22-29(39-24(2)32(37)35-19-16-28-13-6-7-18-34-28)15-14-25(30)17-20-36(31)33(38)26-10-4-3-5-11-26/h3-15,18,21-22,24,31H,16-17,19-20H2,1-2H3,(H,35,37)/t24-,31+/m0/s1. The van der Waals surface area contributed by atoms with Crippen molar-refractivity contribution in [2.45, 2.75) is 38.8 Å². The number of hydrogen-bond donors (Lipinski definition) is 1. The number of carbonyl (C=O) groups is 2. The Bertz CT molecular complexity index is 1440. The Morgan fingerprint density at radius 3 is 2.59 bits per heavy atom. The number of aryl methyl sites for hydroxylation is 1. The van der Waals surface area contributed by atoms with Gasteiger partial charge in [-0.15, -0.1) is 0 Å². The molecule has 1 N–H and O–H groups in total. The van der Waals surface area contributed by atoms with Crippen molar-refractivity contribution in [2.75, 3.05) is 13.1 Å². The summed E-state index contributed by atoms with van der Waals surface area (Å²) in [7, 11) is 0. The number of rotatable bonds is 8. The fourth-order valence-electron chi connectivity index (χ4n) is 5.09. The fraction of sp³-hybridized carbons (Fsp3) is 0.242. The van der Waals surface area contributed by atoms with E-state index in [0.717, 1.165) is 28.8 Å². The normalized spacial score (nSPS) is 15.2. The zero-order valence-corrected chi connectivity index (χ0v) is 22.3. The van der Waals surface area contributed by atoms with Crippen molar-refractivity contribution < 1.29 is 14.3 Å². The molecule has 2 heterocycles. The summed E-state index contributed by atoms with van der Waals surface area (Å²) in [4.78, 5) is 32.7. The zero-order chi connectivity index (χ0) is 27.2. The number of nitrogens with zero attached hydrogens (tertiary/aromatic N) is 2. The molecule has 0 radical (unpaired) electrons. The molecule has 39 heavy (non-hydrogen) atoms. The van der Waals surface area contributed by atoms with E-state index in [2.05, 4.69) is 41.5 Å². The molecule has 0 fully saturated rings. The summed E-state index contributed by atoms with van der Waals surface area (Å²) in [5.74, 6) is 0.423. The van der Waals surface area contributed by atoms with Crippen LogP contribution >= 0.6 is 0 Å². The molecule has 0 saturated heterocycles. The Labute approximate surface area is 229 Å². The third-order valence-electron chi connectivity index (χ3n) is 7.07. The van der Waals surface area contributed by atoms with Gasteiger partial charge in [-0.3, -0.25) is 14.6 Å². The highest BCUT2D eigenvalue weighted by Gasteiger charge is 2.33. The third-order valence-corrected chi connectivity index (χ3v) is 7.07. The van der Waals surface area contributed by atoms with Gasteiger partial charge in [-0.1, -0.05) is 60.2 Å². The van der Waals surface area contributed by atoms with Crippen LogP contribution in [0.4, 0.5) is 0 Å². The molecule has 6 nitrogen and oxygen atoms in total. The molecule has 2 atom stereocenters. The first-order valence-corrected chi connectivity index (χ1v) is 13.4. The van der Waals surface area contributed by atoms with Crippen molar-refractivity contribution >= 4 is 11.8 Å². The van der Waals surface area contributed by atoms with Gasteiger partial charge in [0, 0.05) is 37.0 Å². The molecule has 6 heteroatoms. The van der Waals surface area contributed by atoms with Crippen LogP contribution in [0.1, 0.15) is 51.3 Å². The van der Waals surface area contributed by atoms with Gasteiger partial charge in [0.05, 0.1) is 6.04 Å². The van der Waals surface area contributed by atoms with E-state index >= 15 is 0 Å². The molecule has 0 unspecified atom stereocenters.